The maximum Gasteiger partial charge on any atom is 0.503 e. The summed E-state index contributed by atoms with van der Waals surface area (Å²) in [6, 6.07) is 0. The Morgan fingerprint density at radius 1 is 0.667 bits per heavy atom. The predicted molar refractivity (Wildman–Crippen MR) is 107 cm³/mol. The summed E-state index contributed by atoms with van der Waals surface area (Å²) in [5, 5.41) is 0. The van der Waals surface area contributed by atoms with E-state index in [-0.39, 0.29) is 24.3 Å². The van der Waals surface area contributed by atoms with Crippen LogP contribution in [-0.2, 0) is 40.2 Å². The van der Waals surface area contributed by atoms with Crippen molar-refractivity contribution in [3.05, 3.63) is 0 Å². The van der Waals surface area contributed by atoms with Crippen molar-refractivity contribution in [3.8, 4) is 0 Å². The molecule has 0 fully saturated rings. The lowest BCUT2D eigenvalue weighted by Crippen LogP contribution is -2.47. The first kappa shape index (κ1) is 27.3. The average molecular weight is 449 g/mol. The minimum Gasteiger partial charge on any atom is -0.377 e. The highest BCUT2D eigenvalue weighted by Gasteiger charge is 2.45. The molecule has 0 amide bonds. The maximum atomic E-state index is 12.5. The molecule has 0 radical (unpaired) electrons. The molecule has 2 atom stereocenters. The third-order valence-corrected chi connectivity index (χ3v) is 12.4. The molecule has 0 aromatic rings. The van der Waals surface area contributed by atoms with Crippen LogP contribution in [0.5, 0.6) is 0 Å². The third kappa shape index (κ3) is 7.94. The second-order valence-electron chi connectivity index (χ2n) is 6.25. The van der Waals surface area contributed by atoms with Gasteiger partial charge >= 0.3 is 25.2 Å². The van der Waals surface area contributed by atoms with E-state index in [1.807, 2.05) is 13.8 Å². The Hall–Kier alpha value is 0.344. The van der Waals surface area contributed by atoms with Crippen LogP contribution in [0.2, 0.25) is 11.1 Å². The highest BCUT2D eigenvalue weighted by atomic mass is 31.2. The van der Waals surface area contributed by atoms with Crippen molar-refractivity contribution in [3.63, 3.8) is 0 Å². The van der Waals surface area contributed by atoms with E-state index in [9.17, 15) is 4.57 Å². The fraction of sp³-hybridized carbons (Fsp3) is 1.00. The number of rotatable bonds is 16. The van der Waals surface area contributed by atoms with Crippen LogP contribution >= 0.6 is 7.60 Å². The van der Waals surface area contributed by atoms with Gasteiger partial charge in [0, 0.05) is 60.4 Å². The minimum atomic E-state index is -3.17. The van der Waals surface area contributed by atoms with E-state index in [0.29, 0.717) is 12.8 Å². The standard InChI is InChI=1S/C15H37O9PSi2/c1-14(26(17-3,18-4)19-5)10-12-23-25(9,16)24-13-11-15(2)27(20-6,21-7)22-8/h14-15H,10-13H2,1-9H3. The van der Waals surface area contributed by atoms with Crippen LogP contribution in [0, 0.1) is 0 Å². The fourth-order valence-corrected chi connectivity index (χ4v) is 8.19. The summed E-state index contributed by atoms with van der Waals surface area (Å²) < 4.78 is 56.1. The van der Waals surface area contributed by atoms with Gasteiger partial charge < -0.3 is 35.6 Å². The third-order valence-electron chi connectivity index (χ3n) is 4.67. The Labute approximate surface area is 166 Å². The molecule has 0 heterocycles. The lowest BCUT2D eigenvalue weighted by Gasteiger charge is -2.30. The first-order valence-corrected chi connectivity index (χ1v) is 14.4. The second-order valence-corrected chi connectivity index (χ2v) is 15.1. The molecule has 0 aliphatic rings. The zero-order valence-corrected chi connectivity index (χ0v) is 21.0. The summed E-state index contributed by atoms with van der Waals surface area (Å²) in [7, 11) is 0.735. The van der Waals surface area contributed by atoms with Crippen LogP contribution in [0.25, 0.3) is 0 Å². The topological polar surface area (TPSA) is 90.9 Å². The molecule has 2 unspecified atom stereocenters. The van der Waals surface area contributed by atoms with Crippen LogP contribution in [0.15, 0.2) is 0 Å². The molecule has 0 aromatic carbocycles. The summed E-state index contributed by atoms with van der Waals surface area (Å²) in [5.74, 6) is 0. The van der Waals surface area contributed by atoms with Crippen molar-refractivity contribution in [2.24, 2.45) is 0 Å². The zero-order chi connectivity index (χ0) is 21.1. The van der Waals surface area contributed by atoms with Gasteiger partial charge in [0.1, 0.15) is 0 Å². The van der Waals surface area contributed by atoms with Gasteiger partial charge in [-0.3, -0.25) is 4.57 Å². The smallest absolute Gasteiger partial charge is 0.377 e. The highest BCUT2D eigenvalue weighted by Crippen LogP contribution is 2.45. The lowest BCUT2D eigenvalue weighted by atomic mass is 10.3. The maximum absolute atomic E-state index is 12.5. The molecule has 0 aliphatic carbocycles. The van der Waals surface area contributed by atoms with Gasteiger partial charge in [0.2, 0.25) is 0 Å². The van der Waals surface area contributed by atoms with E-state index in [2.05, 4.69) is 0 Å². The summed E-state index contributed by atoms with van der Waals surface area (Å²) in [6.07, 6.45) is 1.15. The molecule has 164 valence electrons. The molecule has 12 heteroatoms. The Morgan fingerprint density at radius 3 is 1.15 bits per heavy atom. The van der Waals surface area contributed by atoms with E-state index in [4.69, 9.17) is 35.6 Å². The van der Waals surface area contributed by atoms with Crippen molar-refractivity contribution < 1.29 is 40.2 Å². The van der Waals surface area contributed by atoms with Gasteiger partial charge in [-0.15, -0.1) is 0 Å². The Morgan fingerprint density at radius 2 is 0.926 bits per heavy atom. The molecule has 0 aliphatic heterocycles. The number of hydrogen-bond donors (Lipinski definition) is 0. The van der Waals surface area contributed by atoms with E-state index in [0.717, 1.165) is 0 Å². The normalized spacial score (nSPS) is 17.5. The molecule has 27 heavy (non-hydrogen) atoms. The summed E-state index contributed by atoms with van der Waals surface area (Å²) in [4.78, 5) is 0. The van der Waals surface area contributed by atoms with Crippen LogP contribution in [0.3, 0.4) is 0 Å². The second kappa shape index (κ2) is 12.8. The van der Waals surface area contributed by atoms with Crippen molar-refractivity contribution in [1.82, 2.24) is 0 Å². The lowest BCUT2D eigenvalue weighted by molar-refractivity contribution is 0.105. The number of hydrogen-bond acceptors (Lipinski definition) is 9. The van der Waals surface area contributed by atoms with Crippen LogP contribution < -0.4 is 0 Å². The largest absolute Gasteiger partial charge is 0.503 e. The zero-order valence-electron chi connectivity index (χ0n) is 18.1. The van der Waals surface area contributed by atoms with Crippen molar-refractivity contribution in [2.75, 3.05) is 62.5 Å². The molecule has 0 spiro atoms. The van der Waals surface area contributed by atoms with E-state index in [1.54, 1.807) is 42.7 Å². The van der Waals surface area contributed by atoms with Crippen LogP contribution in [0.1, 0.15) is 26.7 Å². The van der Waals surface area contributed by atoms with E-state index >= 15 is 0 Å². The molecule has 0 N–H and O–H groups in total. The first-order valence-electron chi connectivity index (χ1n) is 8.80. The summed E-state index contributed by atoms with van der Waals surface area (Å²) in [5.41, 5.74) is -0.0107. The molecule has 0 bridgehead atoms. The molecular weight excluding hydrogens is 411 g/mol. The van der Waals surface area contributed by atoms with E-state index < -0.39 is 25.2 Å². The molecule has 0 saturated heterocycles. The Bertz CT molecular complexity index is 394. The van der Waals surface area contributed by atoms with Gasteiger partial charge in [0.15, 0.2) is 0 Å². The predicted octanol–water partition coefficient (Wildman–Crippen LogP) is 3.16. The van der Waals surface area contributed by atoms with Gasteiger partial charge in [-0.25, -0.2) is 0 Å². The fourth-order valence-electron chi connectivity index (χ4n) is 2.89. The van der Waals surface area contributed by atoms with Crippen molar-refractivity contribution in [2.45, 2.75) is 37.8 Å². The summed E-state index contributed by atoms with van der Waals surface area (Å²) >= 11 is 0. The van der Waals surface area contributed by atoms with Crippen LogP contribution in [0.4, 0.5) is 0 Å². The monoisotopic (exact) mass is 448 g/mol. The Balaban J connectivity index is 4.45. The van der Waals surface area contributed by atoms with E-state index in [1.165, 1.54) is 6.66 Å². The Kier molecular flexibility index (Phi) is 13.0. The van der Waals surface area contributed by atoms with Crippen molar-refractivity contribution in [1.29, 1.82) is 0 Å². The van der Waals surface area contributed by atoms with Gasteiger partial charge in [-0.05, 0) is 12.8 Å². The molecule has 0 aromatic heterocycles. The molecule has 0 saturated carbocycles. The van der Waals surface area contributed by atoms with Gasteiger partial charge in [-0.2, -0.15) is 0 Å². The molecule has 0 rings (SSSR count). The average Bonchev–Trinajstić information content (AvgIpc) is 2.65. The van der Waals surface area contributed by atoms with Crippen LogP contribution in [-0.4, -0.2) is 80.1 Å². The van der Waals surface area contributed by atoms with Crippen molar-refractivity contribution >= 4 is 25.2 Å². The summed E-state index contributed by atoms with van der Waals surface area (Å²) in [6.45, 7) is 5.88. The van der Waals surface area contributed by atoms with Gasteiger partial charge in [-0.1, -0.05) is 13.8 Å². The van der Waals surface area contributed by atoms with Gasteiger partial charge in [0.25, 0.3) is 0 Å². The van der Waals surface area contributed by atoms with Gasteiger partial charge in [0.05, 0.1) is 13.2 Å². The quantitative estimate of drug-likeness (QED) is 0.261. The molecular formula is C15H37O9PSi2. The molecule has 9 nitrogen and oxygen atoms in total. The first-order chi connectivity index (χ1) is 12.6. The minimum absolute atomic E-state index is 0.00533. The SMILES string of the molecule is CO[Si](OC)(OC)C(C)CCOP(C)(=O)OCCC(C)[Si](OC)(OC)OC. The highest BCUT2D eigenvalue weighted by molar-refractivity contribution is 7.52.